The molecule has 0 aromatic heterocycles. The molecule has 0 spiro atoms. The third-order valence-corrected chi connectivity index (χ3v) is 4.37. The van der Waals surface area contributed by atoms with Gasteiger partial charge in [-0.1, -0.05) is 12.1 Å². The van der Waals surface area contributed by atoms with Crippen molar-refractivity contribution in [3.05, 3.63) is 59.4 Å². The maximum atomic E-state index is 12.9. The molecule has 1 aliphatic heterocycles. The molecule has 0 radical (unpaired) electrons. The fourth-order valence-corrected chi connectivity index (χ4v) is 2.97. The number of rotatable bonds is 8. The van der Waals surface area contributed by atoms with E-state index in [9.17, 15) is 4.39 Å². The normalized spacial score (nSPS) is 16.8. The lowest BCUT2D eigenvalue weighted by atomic mass is 10.2. The minimum absolute atomic E-state index is 0.245. The third-order valence-electron chi connectivity index (χ3n) is 4.37. The van der Waals surface area contributed by atoms with Crippen LogP contribution in [0.25, 0.3) is 0 Å². The summed E-state index contributed by atoms with van der Waals surface area (Å²) in [5.74, 6) is 1.16. The molecule has 25 heavy (non-hydrogen) atoms. The number of nitrogens with two attached hydrogens (primary N) is 1. The number of halogens is 1. The summed E-state index contributed by atoms with van der Waals surface area (Å²) in [6.07, 6.45) is 2.72. The summed E-state index contributed by atoms with van der Waals surface area (Å²) in [6.45, 7) is 3.15. The van der Waals surface area contributed by atoms with Gasteiger partial charge in [0, 0.05) is 12.2 Å². The van der Waals surface area contributed by atoms with Gasteiger partial charge in [0.2, 0.25) is 0 Å². The van der Waals surface area contributed by atoms with Gasteiger partial charge in [-0.2, -0.15) is 0 Å². The van der Waals surface area contributed by atoms with Crippen molar-refractivity contribution in [1.29, 1.82) is 0 Å². The molecule has 5 heteroatoms. The van der Waals surface area contributed by atoms with Gasteiger partial charge in [-0.25, -0.2) is 4.39 Å². The molecule has 3 rings (SSSR count). The second kappa shape index (κ2) is 8.83. The summed E-state index contributed by atoms with van der Waals surface area (Å²) in [7, 11) is 1.64. The van der Waals surface area contributed by atoms with E-state index in [0.717, 1.165) is 31.7 Å². The van der Waals surface area contributed by atoms with Crippen LogP contribution in [0.3, 0.4) is 0 Å². The number of hydrogen-bond acceptors (Lipinski definition) is 3. The third kappa shape index (κ3) is 5.18. The molecule has 0 saturated carbocycles. The van der Waals surface area contributed by atoms with Crippen molar-refractivity contribution in [2.24, 2.45) is 0 Å². The summed E-state index contributed by atoms with van der Waals surface area (Å²) >= 11 is 0. The number of benzene rings is 2. The van der Waals surface area contributed by atoms with Crippen LogP contribution < -0.4 is 14.8 Å². The molecule has 4 nitrogen and oxygen atoms in total. The zero-order chi connectivity index (χ0) is 17.5. The maximum absolute atomic E-state index is 12.9. The molecule has 1 fully saturated rings. The van der Waals surface area contributed by atoms with Gasteiger partial charge in [-0.05, 0) is 48.7 Å². The standard InChI is InChI=1S/C20H24FNO3/c1-23-20-11-16(12-22-13-18-3-2-10-24-18)6-9-19(20)25-14-15-4-7-17(21)8-5-15/h4-9,11,18,22H,2-3,10,12-14H2,1H3/p+1/t18-/m1/s1. The second-order valence-electron chi connectivity index (χ2n) is 6.26. The number of hydrogen-bond donors (Lipinski definition) is 1. The van der Waals surface area contributed by atoms with E-state index in [1.165, 1.54) is 24.1 Å². The van der Waals surface area contributed by atoms with Crippen LogP contribution in [0.15, 0.2) is 42.5 Å². The Bertz CT molecular complexity index is 669. The van der Waals surface area contributed by atoms with E-state index in [1.807, 2.05) is 12.1 Å². The van der Waals surface area contributed by atoms with Gasteiger partial charge in [0.1, 0.15) is 31.6 Å². The Hall–Kier alpha value is -2.11. The van der Waals surface area contributed by atoms with Crippen molar-refractivity contribution in [2.45, 2.75) is 32.1 Å². The summed E-state index contributed by atoms with van der Waals surface area (Å²) in [5.41, 5.74) is 2.10. The van der Waals surface area contributed by atoms with Gasteiger partial charge < -0.3 is 19.5 Å². The van der Waals surface area contributed by atoms with Crippen LogP contribution in [-0.4, -0.2) is 26.4 Å². The molecule has 1 saturated heterocycles. The first-order chi connectivity index (χ1) is 12.2. The first-order valence-corrected chi connectivity index (χ1v) is 8.72. The Morgan fingerprint density at radius 2 is 1.92 bits per heavy atom. The predicted octanol–water partition coefficient (Wildman–Crippen LogP) is 2.66. The van der Waals surface area contributed by atoms with Gasteiger partial charge in [0.15, 0.2) is 11.5 Å². The second-order valence-corrected chi connectivity index (χ2v) is 6.26. The molecule has 0 aliphatic carbocycles. The molecule has 1 heterocycles. The van der Waals surface area contributed by atoms with Crippen LogP contribution in [0, 0.1) is 5.82 Å². The average molecular weight is 346 g/mol. The fraction of sp³-hybridized carbons (Fsp3) is 0.400. The Kier molecular flexibility index (Phi) is 6.25. The zero-order valence-electron chi connectivity index (χ0n) is 14.5. The van der Waals surface area contributed by atoms with Crippen molar-refractivity contribution in [3.8, 4) is 11.5 Å². The highest BCUT2D eigenvalue weighted by molar-refractivity contribution is 5.42. The van der Waals surface area contributed by atoms with E-state index in [-0.39, 0.29) is 5.82 Å². The van der Waals surface area contributed by atoms with Crippen molar-refractivity contribution in [2.75, 3.05) is 20.3 Å². The Morgan fingerprint density at radius 3 is 2.64 bits per heavy atom. The minimum atomic E-state index is -0.245. The van der Waals surface area contributed by atoms with E-state index in [4.69, 9.17) is 14.2 Å². The van der Waals surface area contributed by atoms with Gasteiger partial charge in [-0.3, -0.25) is 0 Å². The molecule has 2 aromatic carbocycles. The molecule has 0 amide bonds. The Balaban J connectivity index is 1.54. The van der Waals surface area contributed by atoms with Crippen LogP contribution >= 0.6 is 0 Å². The van der Waals surface area contributed by atoms with Gasteiger partial charge in [-0.15, -0.1) is 0 Å². The lowest BCUT2D eigenvalue weighted by Crippen LogP contribution is -2.84. The number of ether oxygens (including phenoxy) is 3. The topological polar surface area (TPSA) is 44.3 Å². The highest BCUT2D eigenvalue weighted by Crippen LogP contribution is 2.28. The van der Waals surface area contributed by atoms with Crippen LogP contribution in [0.1, 0.15) is 24.0 Å². The summed E-state index contributed by atoms with van der Waals surface area (Å²) in [6, 6.07) is 12.3. The maximum Gasteiger partial charge on any atom is 0.161 e. The lowest BCUT2D eigenvalue weighted by Gasteiger charge is -2.13. The monoisotopic (exact) mass is 346 g/mol. The zero-order valence-corrected chi connectivity index (χ0v) is 14.5. The molecule has 1 atom stereocenters. The Labute approximate surface area is 147 Å². The highest BCUT2D eigenvalue weighted by atomic mass is 19.1. The fourth-order valence-electron chi connectivity index (χ4n) is 2.97. The molecule has 2 aromatic rings. The minimum Gasteiger partial charge on any atom is -0.493 e. The summed E-state index contributed by atoms with van der Waals surface area (Å²) < 4.78 is 29.8. The molecule has 2 N–H and O–H groups in total. The predicted molar refractivity (Wildman–Crippen MR) is 93.2 cm³/mol. The van der Waals surface area contributed by atoms with Crippen LogP contribution in [-0.2, 0) is 17.9 Å². The van der Waals surface area contributed by atoms with Gasteiger partial charge >= 0.3 is 0 Å². The van der Waals surface area contributed by atoms with E-state index in [1.54, 1.807) is 19.2 Å². The molecular weight excluding hydrogens is 321 g/mol. The molecule has 134 valence electrons. The van der Waals surface area contributed by atoms with E-state index >= 15 is 0 Å². The molecule has 0 unspecified atom stereocenters. The van der Waals surface area contributed by atoms with Crippen molar-refractivity contribution < 1.29 is 23.9 Å². The van der Waals surface area contributed by atoms with E-state index in [0.29, 0.717) is 24.2 Å². The Morgan fingerprint density at radius 1 is 1.12 bits per heavy atom. The first-order valence-electron chi connectivity index (χ1n) is 8.72. The van der Waals surface area contributed by atoms with Gasteiger partial charge in [0.05, 0.1) is 7.11 Å². The van der Waals surface area contributed by atoms with E-state index < -0.39 is 0 Å². The average Bonchev–Trinajstić information content (AvgIpc) is 3.15. The number of quaternary nitrogens is 1. The lowest BCUT2D eigenvalue weighted by molar-refractivity contribution is -0.676. The smallest absolute Gasteiger partial charge is 0.161 e. The van der Waals surface area contributed by atoms with Crippen LogP contribution in [0.4, 0.5) is 4.39 Å². The SMILES string of the molecule is COc1cc(C[NH2+]C[C@H]2CCCO2)ccc1OCc1ccc(F)cc1. The quantitative estimate of drug-likeness (QED) is 0.799. The van der Waals surface area contributed by atoms with Crippen LogP contribution in [0.2, 0.25) is 0 Å². The molecule has 1 aliphatic rings. The first kappa shape index (κ1) is 17.7. The molecular formula is C20H25FNO3+. The summed E-state index contributed by atoms with van der Waals surface area (Å²) in [5, 5.41) is 2.27. The van der Waals surface area contributed by atoms with E-state index in [2.05, 4.69) is 11.4 Å². The van der Waals surface area contributed by atoms with Crippen molar-refractivity contribution in [1.82, 2.24) is 0 Å². The molecule has 0 bridgehead atoms. The summed E-state index contributed by atoms with van der Waals surface area (Å²) in [4.78, 5) is 0. The highest BCUT2D eigenvalue weighted by Gasteiger charge is 2.17. The van der Waals surface area contributed by atoms with Crippen LogP contribution in [0.5, 0.6) is 11.5 Å². The van der Waals surface area contributed by atoms with Gasteiger partial charge in [0.25, 0.3) is 0 Å². The van der Waals surface area contributed by atoms with Crippen molar-refractivity contribution in [3.63, 3.8) is 0 Å². The van der Waals surface area contributed by atoms with Crippen molar-refractivity contribution >= 4 is 0 Å². The number of methoxy groups -OCH3 is 1. The largest absolute Gasteiger partial charge is 0.493 e.